The topological polar surface area (TPSA) is 81.2 Å². The first-order chi connectivity index (χ1) is 12.3. The number of piperidine rings is 1. The van der Waals surface area contributed by atoms with Crippen molar-refractivity contribution in [3.8, 4) is 0 Å². The lowest BCUT2D eigenvalue weighted by Gasteiger charge is -2.36. The van der Waals surface area contributed by atoms with Crippen molar-refractivity contribution < 1.29 is 19.5 Å². The van der Waals surface area contributed by atoms with Crippen molar-refractivity contribution in [2.24, 2.45) is 5.92 Å². The summed E-state index contributed by atoms with van der Waals surface area (Å²) in [6, 6.07) is 8.43. The summed E-state index contributed by atoms with van der Waals surface area (Å²) in [7, 11) is 3.41. The van der Waals surface area contributed by atoms with Gasteiger partial charge in [-0.15, -0.1) is 0 Å². The molecule has 0 aliphatic carbocycles. The zero-order valence-corrected chi connectivity index (χ0v) is 15.6. The Morgan fingerprint density at radius 3 is 2.23 bits per heavy atom. The van der Waals surface area contributed by atoms with E-state index in [1.54, 1.807) is 19.0 Å². The molecule has 1 N–H and O–H groups in total. The van der Waals surface area contributed by atoms with Gasteiger partial charge in [-0.1, -0.05) is 30.3 Å². The average Bonchev–Trinajstić information content (AvgIpc) is 2.65. The highest BCUT2D eigenvalue weighted by Crippen LogP contribution is 2.23. The molecule has 0 spiro atoms. The highest BCUT2D eigenvalue weighted by molar-refractivity contribution is 5.85. The molecule has 1 saturated heterocycles. The summed E-state index contributed by atoms with van der Waals surface area (Å²) in [5.41, 5.74) is 0.897. The summed E-state index contributed by atoms with van der Waals surface area (Å²) < 4.78 is 0. The Labute approximate surface area is 154 Å². The number of likely N-dealkylation sites (tertiary alicyclic amines) is 1. The summed E-state index contributed by atoms with van der Waals surface area (Å²) in [6.07, 6.45) is 1.10. The van der Waals surface area contributed by atoms with Gasteiger partial charge in [0.2, 0.25) is 5.91 Å². The van der Waals surface area contributed by atoms with Gasteiger partial charge in [-0.05, 0) is 25.3 Å². The number of rotatable bonds is 5. The molecule has 142 valence electrons. The van der Waals surface area contributed by atoms with E-state index in [1.165, 1.54) is 16.7 Å². The van der Waals surface area contributed by atoms with E-state index in [9.17, 15) is 19.5 Å². The molecule has 0 bridgehead atoms. The lowest BCUT2D eigenvalue weighted by molar-refractivity contribution is -0.152. The lowest BCUT2D eigenvalue weighted by Crippen LogP contribution is -2.50. The first-order valence-corrected chi connectivity index (χ1v) is 8.84. The van der Waals surface area contributed by atoms with Crippen molar-refractivity contribution >= 4 is 17.9 Å². The molecule has 1 aliphatic heterocycles. The minimum Gasteiger partial charge on any atom is -0.480 e. The van der Waals surface area contributed by atoms with E-state index in [2.05, 4.69) is 0 Å². The normalized spacial score (nSPS) is 16.0. The maximum atomic E-state index is 13.0. The molecule has 1 aromatic rings. The van der Waals surface area contributed by atoms with Crippen LogP contribution >= 0.6 is 0 Å². The molecule has 7 heteroatoms. The van der Waals surface area contributed by atoms with Crippen molar-refractivity contribution in [1.29, 1.82) is 0 Å². The van der Waals surface area contributed by atoms with Crippen LogP contribution in [0.15, 0.2) is 30.3 Å². The summed E-state index contributed by atoms with van der Waals surface area (Å²) >= 11 is 0. The third-order valence-electron chi connectivity index (χ3n) is 4.80. The standard InChI is InChI=1S/C19H27N3O4/c1-14(18(24)25)22(13-15-7-5-4-6-8-15)17(23)16-9-11-21(12-10-16)19(26)20(2)3/h4-8,14,16H,9-13H2,1-3H3,(H,24,25). The molecule has 0 saturated carbocycles. The van der Waals surface area contributed by atoms with Crippen LogP contribution in [-0.4, -0.2) is 70.9 Å². The van der Waals surface area contributed by atoms with Gasteiger partial charge in [0.25, 0.3) is 0 Å². The fourth-order valence-electron chi connectivity index (χ4n) is 3.15. The van der Waals surface area contributed by atoms with Gasteiger partial charge in [-0.3, -0.25) is 4.79 Å². The van der Waals surface area contributed by atoms with E-state index in [-0.39, 0.29) is 24.4 Å². The number of carbonyl (C=O) groups excluding carboxylic acids is 2. The largest absolute Gasteiger partial charge is 0.480 e. The fraction of sp³-hybridized carbons (Fsp3) is 0.526. The molecule has 2 rings (SSSR count). The van der Waals surface area contributed by atoms with Crippen molar-refractivity contribution in [1.82, 2.24) is 14.7 Å². The minimum absolute atomic E-state index is 0.0593. The van der Waals surface area contributed by atoms with Crippen LogP contribution in [0.5, 0.6) is 0 Å². The predicted octanol–water partition coefficient (Wildman–Crippen LogP) is 1.88. The quantitative estimate of drug-likeness (QED) is 0.868. The van der Waals surface area contributed by atoms with Gasteiger partial charge in [-0.25, -0.2) is 9.59 Å². The second-order valence-corrected chi connectivity index (χ2v) is 6.90. The third-order valence-corrected chi connectivity index (χ3v) is 4.80. The number of hydrogen-bond donors (Lipinski definition) is 1. The van der Waals surface area contributed by atoms with Crippen LogP contribution in [0, 0.1) is 5.92 Å². The molecule has 3 amide bonds. The Balaban J connectivity index is 2.07. The second kappa shape index (κ2) is 8.69. The molecule has 0 radical (unpaired) electrons. The van der Waals surface area contributed by atoms with Crippen LogP contribution in [0.4, 0.5) is 4.79 Å². The second-order valence-electron chi connectivity index (χ2n) is 6.90. The Hall–Kier alpha value is -2.57. The summed E-state index contributed by atoms with van der Waals surface area (Å²) in [6.45, 7) is 2.82. The number of aliphatic carboxylic acids is 1. The number of carboxylic acids is 1. The van der Waals surface area contributed by atoms with Gasteiger partial charge < -0.3 is 19.8 Å². The van der Waals surface area contributed by atoms with Crippen molar-refractivity contribution in [2.45, 2.75) is 32.4 Å². The van der Waals surface area contributed by atoms with E-state index in [4.69, 9.17) is 0 Å². The highest BCUT2D eigenvalue weighted by Gasteiger charge is 2.34. The first-order valence-electron chi connectivity index (χ1n) is 8.84. The molecule has 1 aromatic carbocycles. The van der Waals surface area contributed by atoms with Crippen LogP contribution in [0.25, 0.3) is 0 Å². The average molecular weight is 361 g/mol. The molecule has 26 heavy (non-hydrogen) atoms. The van der Waals surface area contributed by atoms with Crippen molar-refractivity contribution in [3.05, 3.63) is 35.9 Å². The number of benzene rings is 1. The third kappa shape index (κ3) is 4.74. The number of carbonyl (C=O) groups is 3. The van der Waals surface area contributed by atoms with Crippen LogP contribution in [0.1, 0.15) is 25.3 Å². The van der Waals surface area contributed by atoms with Crippen LogP contribution in [-0.2, 0) is 16.1 Å². The smallest absolute Gasteiger partial charge is 0.326 e. The predicted molar refractivity (Wildman–Crippen MR) is 97.5 cm³/mol. The Bertz CT molecular complexity index is 639. The van der Waals surface area contributed by atoms with Crippen molar-refractivity contribution in [2.75, 3.05) is 27.2 Å². The lowest BCUT2D eigenvalue weighted by atomic mass is 9.94. The molecular formula is C19H27N3O4. The van der Waals surface area contributed by atoms with E-state index in [1.807, 2.05) is 30.3 Å². The Morgan fingerprint density at radius 2 is 1.73 bits per heavy atom. The van der Waals surface area contributed by atoms with Crippen molar-refractivity contribution in [3.63, 3.8) is 0 Å². The van der Waals surface area contributed by atoms with Gasteiger partial charge in [-0.2, -0.15) is 0 Å². The molecule has 1 heterocycles. The monoisotopic (exact) mass is 361 g/mol. The van der Waals surface area contributed by atoms with E-state index in [0.717, 1.165) is 5.56 Å². The molecule has 1 atom stereocenters. The van der Waals surface area contributed by atoms with Gasteiger partial charge in [0.15, 0.2) is 0 Å². The number of urea groups is 1. The van der Waals surface area contributed by atoms with E-state index < -0.39 is 12.0 Å². The maximum absolute atomic E-state index is 13.0. The Morgan fingerprint density at radius 1 is 1.15 bits per heavy atom. The van der Waals surface area contributed by atoms with Crippen LogP contribution in [0.2, 0.25) is 0 Å². The fourth-order valence-corrected chi connectivity index (χ4v) is 3.15. The maximum Gasteiger partial charge on any atom is 0.326 e. The summed E-state index contributed by atoms with van der Waals surface area (Å²) in [4.78, 5) is 41.2. The minimum atomic E-state index is -1.02. The number of nitrogens with zero attached hydrogens (tertiary/aromatic N) is 3. The number of carboxylic acid groups (broad SMARTS) is 1. The van der Waals surface area contributed by atoms with Crippen LogP contribution < -0.4 is 0 Å². The molecule has 7 nitrogen and oxygen atoms in total. The van der Waals surface area contributed by atoms with E-state index >= 15 is 0 Å². The molecule has 1 unspecified atom stereocenters. The van der Waals surface area contributed by atoms with E-state index in [0.29, 0.717) is 25.9 Å². The van der Waals surface area contributed by atoms with Gasteiger partial charge in [0.1, 0.15) is 6.04 Å². The first kappa shape index (κ1) is 19.8. The van der Waals surface area contributed by atoms with Gasteiger partial charge in [0.05, 0.1) is 0 Å². The number of amides is 3. The zero-order valence-electron chi connectivity index (χ0n) is 15.6. The SMILES string of the molecule is CC(C(=O)O)N(Cc1ccccc1)C(=O)C1CCN(C(=O)N(C)C)CC1. The summed E-state index contributed by atoms with van der Waals surface area (Å²) in [5.74, 6) is -1.43. The molecule has 0 aromatic heterocycles. The molecule has 1 aliphatic rings. The van der Waals surface area contributed by atoms with Gasteiger partial charge >= 0.3 is 12.0 Å². The van der Waals surface area contributed by atoms with Crippen LogP contribution in [0.3, 0.4) is 0 Å². The van der Waals surface area contributed by atoms with Gasteiger partial charge in [0, 0.05) is 39.6 Å². The zero-order chi connectivity index (χ0) is 19.3. The molecular weight excluding hydrogens is 334 g/mol. The Kier molecular flexibility index (Phi) is 6.60. The highest BCUT2D eigenvalue weighted by atomic mass is 16.4. The molecule has 1 fully saturated rings. The number of hydrogen-bond acceptors (Lipinski definition) is 3. The summed E-state index contributed by atoms with van der Waals surface area (Å²) in [5, 5.41) is 9.40.